The summed E-state index contributed by atoms with van der Waals surface area (Å²) in [6.45, 7) is 3.31. The van der Waals surface area contributed by atoms with Crippen molar-refractivity contribution in [2.45, 2.75) is 45.1 Å². The molecule has 2 N–H and O–H groups in total. The molecule has 3 heteroatoms. The summed E-state index contributed by atoms with van der Waals surface area (Å²) in [6.07, 6.45) is 8.09. The molecule has 1 aliphatic rings. The molecule has 0 bridgehead atoms. The van der Waals surface area contributed by atoms with Gasteiger partial charge in [-0.3, -0.25) is 0 Å². The summed E-state index contributed by atoms with van der Waals surface area (Å²) >= 11 is 0. The molecule has 3 nitrogen and oxygen atoms in total. The average Bonchev–Trinajstić information content (AvgIpc) is 2.67. The van der Waals surface area contributed by atoms with Crippen molar-refractivity contribution in [1.82, 2.24) is 15.3 Å². The number of aromatic amines is 1. The maximum Gasteiger partial charge on any atom is 0.105 e. The predicted octanol–water partition coefficient (Wildman–Crippen LogP) is 1.66. The Kier molecular flexibility index (Phi) is 3.19. The smallest absolute Gasteiger partial charge is 0.105 e. The minimum Gasteiger partial charge on any atom is -0.346 e. The maximum atomic E-state index is 4.32. The number of aromatic nitrogens is 2. The van der Waals surface area contributed by atoms with E-state index in [4.69, 9.17) is 0 Å². The summed E-state index contributed by atoms with van der Waals surface area (Å²) < 4.78 is 0. The second kappa shape index (κ2) is 4.60. The van der Waals surface area contributed by atoms with Crippen LogP contribution in [0, 0.1) is 0 Å². The molecule has 2 rings (SSSR count). The second-order valence-corrected chi connectivity index (χ2v) is 4.06. The molecule has 1 aromatic rings. The van der Waals surface area contributed by atoms with E-state index in [9.17, 15) is 0 Å². The minimum atomic E-state index is 0.661. The molecule has 78 valence electrons. The molecule has 0 aliphatic carbocycles. The fraction of sp³-hybridized carbons (Fsp3) is 0.727. The number of H-pyrrole nitrogens is 1. The Balaban J connectivity index is 1.89. The van der Waals surface area contributed by atoms with Crippen LogP contribution >= 0.6 is 0 Å². The van der Waals surface area contributed by atoms with Crippen LogP contribution in [0.25, 0.3) is 0 Å². The van der Waals surface area contributed by atoms with Gasteiger partial charge in [0.15, 0.2) is 0 Å². The van der Waals surface area contributed by atoms with E-state index in [0.717, 1.165) is 18.7 Å². The van der Waals surface area contributed by atoms with Crippen LogP contribution in [0.15, 0.2) is 6.20 Å². The Hall–Kier alpha value is -0.830. The third-order valence-corrected chi connectivity index (χ3v) is 2.89. The van der Waals surface area contributed by atoms with Gasteiger partial charge in [0, 0.05) is 30.8 Å². The van der Waals surface area contributed by atoms with E-state index in [-0.39, 0.29) is 0 Å². The van der Waals surface area contributed by atoms with Crippen molar-refractivity contribution in [1.29, 1.82) is 0 Å². The van der Waals surface area contributed by atoms with E-state index in [1.165, 1.54) is 31.5 Å². The molecule has 2 heterocycles. The van der Waals surface area contributed by atoms with Crippen molar-refractivity contribution in [2.75, 3.05) is 6.54 Å². The summed E-state index contributed by atoms with van der Waals surface area (Å²) in [5.74, 6) is 1.11. The summed E-state index contributed by atoms with van der Waals surface area (Å²) in [7, 11) is 0. The molecule has 0 spiro atoms. The average molecular weight is 193 g/mol. The fourth-order valence-electron chi connectivity index (χ4n) is 2.05. The number of nitrogens with zero attached hydrogens (tertiary/aromatic N) is 1. The molecule has 0 radical (unpaired) electrons. The van der Waals surface area contributed by atoms with Gasteiger partial charge in [0.05, 0.1) is 0 Å². The minimum absolute atomic E-state index is 0.661. The fourth-order valence-corrected chi connectivity index (χ4v) is 2.05. The summed E-state index contributed by atoms with van der Waals surface area (Å²) in [5.41, 5.74) is 1.28. The lowest BCUT2D eigenvalue weighted by atomic mass is 10.0. The zero-order valence-corrected chi connectivity index (χ0v) is 8.84. The van der Waals surface area contributed by atoms with E-state index in [0.29, 0.717) is 6.04 Å². The maximum absolute atomic E-state index is 4.32. The predicted molar refractivity (Wildman–Crippen MR) is 57.3 cm³/mol. The molecule has 1 fully saturated rings. The van der Waals surface area contributed by atoms with Gasteiger partial charge in [0.2, 0.25) is 0 Å². The zero-order chi connectivity index (χ0) is 9.80. The van der Waals surface area contributed by atoms with Crippen LogP contribution in [0.3, 0.4) is 0 Å². The molecule has 1 unspecified atom stereocenters. The first-order chi connectivity index (χ1) is 6.88. The number of piperidine rings is 1. The van der Waals surface area contributed by atoms with Gasteiger partial charge in [-0.1, -0.05) is 13.3 Å². The van der Waals surface area contributed by atoms with E-state index in [2.05, 4.69) is 22.2 Å². The van der Waals surface area contributed by atoms with Crippen molar-refractivity contribution in [3.63, 3.8) is 0 Å². The Labute approximate surface area is 85.3 Å². The van der Waals surface area contributed by atoms with Crippen LogP contribution in [0.2, 0.25) is 0 Å². The lowest BCUT2D eigenvalue weighted by molar-refractivity contribution is 0.397. The standard InChI is InChI=1S/C11H19N3/c1-2-11-13-8-10(14-11)7-9-5-3-4-6-12-9/h8-9,12H,2-7H2,1H3,(H,13,14). The SMILES string of the molecule is CCc1ncc(CC2CCCCN2)[nH]1. The monoisotopic (exact) mass is 193 g/mol. The van der Waals surface area contributed by atoms with Gasteiger partial charge in [0.25, 0.3) is 0 Å². The third kappa shape index (κ3) is 2.35. The van der Waals surface area contributed by atoms with Crippen LogP contribution in [0.5, 0.6) is 0 Å². The molecule has 1 aliphatic heterocycles. The van der Waals surface area contributed by atoms with Gasteiger partial charge < -0.3 is 10.3 Å². The Bertz CT molecular complexity index is 274. The first kappa shape index (κ1) is 9.71. The van der Waals surface area contributed by atoms with Crippen molar-refractivity contribution in [2.24, 2.45) is 0 Å². The third-order valence-electron chi connectivity index (χ3n) is 2.89. The number of nitrogens with one attached hydrogen (secondary N) is 2. The topological polar surface area (TPSA) is 40.7 Å². The molecule has 14 heavy (non-hydrogen) atoms. The normalized spacial score (nSPS) is 22.5. The summed E-state index contributed by atoms with van der Waals surface area (Å²) in [5, 5.41) is 3.55. The lowest BCUT2D eigenvalue weighted by Crippen LogP contribution is -2.35. The quantitative estimate of drug-likeness (QED) is 0.766. The molecule has 0 amide bonds. The molecule has 1 atom stereocenters. The van der Waals surface area contributed by atoms with Crippen molar-refractivity contribution in [3.05, 3.63) is 17.7 Å². The van der Waals surface area contributed by atoms with Crippen molar-refractivity contribution < 1.29 is 0 Å². The number of hydrogen-bond donors (Lipinski definition) is 2. The second-order valence-electron chi connectivity index (χ2n) is 4.06. The van der Waals surface area contributed by atoms with E-state index in [1.54, 1.807) is 0 Å². The molecular weight excluding hydrogens is 174 g/mol. The van der Waals surface area contributed by atoms with Crippen molar-refractivity contribution in [3.8, 4) is 0 Å². The summed E-state index contributed by atoms with van der Waals surface area (Å²) in [6, 6.07) is 0.661. The molecule has 0 aromatic carbocycles. The number of aryl methyl sites for hydroxylation is 1. The Morgan fingerprint density at radius 2 is 2.43 bits per heavy atom. The van der Waals surface area contributed by atoms with Crippen LogP contribution in [0.1, 0.15) is 37.7 Å². The van der Waals surface area contributed by atoms with Crippen LogP contribution in [0.4, 0.5) is 0 Å². The first-order valence-electron chi connectivity index (χ1n) is 5.64. The van der Waals surface area contributed by atoms with Gasteiger partial charge in [-0.05, 0) is 19.4 Å². The molecule has 1 saturated heterocycles. The van der Waals surface area contributed by atoms with Crippen molar-refractivity contribution >= 4 is 0 Å². The number of hydrogen-bond acceptors (Lipinski definition) is 2. The van der Waals surface area contributed by atoms with E-state index in [1.807, 2.05) is 6.20 Å². The van der Waals surface area contributed by atoms with Gasteiger partial charge in [0.1, 0.15) is 5.82 Å². The van der Waals surface area contributed by atoms with Crippen LogP contribution in [-0.2, 0) is 12.8 Å². The zero-order valence-electron chi connectivity index (χ0n) is 8.84. The summed E-state index contributed by atoms with van der Waals surface area (Å²) in [4.78, 5) is 7.68. The Morgan fingerprint density at radius 1 is 1.50 bits per heavy atom. The number of rotatable bonds is 3. The first-order valence-corrected chi connectivity index (χ1v) is 5.64. The molecular formula is C11H19N3. The molecule has 0 saturated carbocycles. The Morgan fingerprint density at radius 3 is 3.07 bits per heavy atom. The largest absolute Gasteiger partial charge is 0.346 e. The van der Waals surface area contributed by atoms with Gasteiger partial charge in [-0.2, -0.15) is 0 Å². The van der Waals surface area contributed by atoms with Crippen LogP contribution < -0.4 is 5.32 Å². The van der Waals surface area contributed by atoms with Gasteiger partial charge in [-0.15, -0.1) is 0 Å². The highest BCUT2D eigenvalue weighted by molar-refractivity contribution is 5.03. The highest BCUT2D eigenvalue weighted by Gasteiger charge is 2.13. The number of imidazole rings is 1. The van der Waals surface area contributed by atoms with E-state index >= 15 is 0 Å². The highest BCUT2D eigenvalue weighted by atomic mass is 14.9. The lowest BCUT2D eigenvalue weighted by Gasteiger charge is -2.22. The van der Waals surface area contributed by atoms with Gasteiger partial charge in [-0.25, -0.2) is 4.98 Å². The van der Waals surface area contributed by atoms with Gasteiger partial charge >= 0.3 is 0 Å². The van der Waals surface area contributed by atoms with E-state index < -0.39 is 0 Å². The van der Waals surface area contributed by atoms with Crippen LogP contribution in [-0.4, -0.2) is 22.6 Å². The molecule has 1 aromatic heterocycles. The highest BCUT2D eigenvalue weighted by Crippen LogP contribution is 2.11.